The van der Waals surface area contributed by atoms with Crippen LogP contribution in [0.4, 0.5) is 0 Å². The highest BCUT2D eigenvalue weighted by atomic mass is 32.2. The molecule has 2 heteroatoms. The quantitative estimate of drug-likeness (QED) is 0.673. The van der Waals surface area contributed by atoms with Crippen molar-refractivity contribution in [1.29, 1.82) is 0 Å². The number of rotatable bonds is 1. The molecular formula is C10H19NS. The highest BCUT2D eigenvalue weighted by Crippen LogP contribution is 2.38. The van der Waals surface area contributed by atoms with Crippen LogP contribution in [0.5, 0.6) is 0 Å². The fraction of sp³-hybridized carbons (Fsp3) is 1.00. The molecular weight excluding hydrogens is 166 g/mol. The monoisotopic (exact) mass is 185 g/mol. The van der Waals surface area contributed by atoms with Gasteiger partial charge in [-0.25, -0.2) is 0 Å². The Morgan fingerprint density at radius 3 is 2.92 bits per heavy atom. The molecule has 2 fully saturated rings. The van der Waals surface area contributed by atoms with Gasteiger partial charge in [0.05, 0.1) is 0 Å². The predicted molar refractivity (Wildman–Crippen MR) is 55.3 cm³/mol. The predicted octanol–water partition coefficient (Wildman–Crippen LogP) is 2.47. The second kappa shape index (κ2) is 3.59. The normalized spacial score (nSPS) is 41.8. The minimum absolute atomic E-state index is 0.852. The average molecular weight is 185 g/mol. The SMILES string of the molecule is CC(C)C1CCC2NCSC2C1. The van der Waals surface area contributed by atoms with Crippen molar-refractivity contribution in [2.24, 2.45) is 11.8 Å². The summed E-state index contributed by atoms with van der Waals surface area (Å²) in [6, 6.07) is 0.852. The molecule has 0 aromatic rings. The molecule has 0 aromatic heterocycles. The average Bonchev–Trinajstić information content (AvgIpc) is 2.49. The highest BCUT2D eigenvalue weighted by molar-refractivity contribution is 8.00. The van der Waals surface area contributed by atoms with Crippen LogP contribution >= 0.6 is 11.8 Å². The van der Waals surface area contributed by atoms with E-state index in [4.69, 9.17) is 0 Å². The second-order valence-electron chi connectivity index (χ2n) is 4.48. The van der Waals surface area contributed by atoms with Gasteiger partial charge in [-0.15, -0.1) is 11.8 Å². The van der Waals surface area contributed by atoms with E-state index < -0.39 is 0 Å². The van der Waals surface area contributed by atoms with Gasteiger partial charge in [0.2, 0.25) is 0 Å². The summed E-state index contributed by atoms with van der Waals surface area (Å²) in [4.78, 5) is 0. The molecule has 70 valence electrons. The fourth-order valence-electron chi connectivity index (χ4n) is 2.45. The summed E-state index contributed by atoms with van der Waals surface area (Å²) in [5, 5.41) is 4.52. The molecule has 1 N–H and O–H groups in total. The maximum absolute atomic E-state index is 3.58. The van der Waals surface area contributed by atoms with E-state index in [2.05, 4.69) is 30.9 Å². The van der Waals surface area contributed by atoms with Gasteiger partial charge in [-0.1, -0.05) is 13.8 Å². The maximum atomic E-state index is 3.58. The number of nitrogens with one attached hydrogen (secondary N) is 1. The molecule has 2 rings (SSSR count). The van der Waals surface area contributed by atoms with Crippen LogP contribution in [0.1, 0.15) is 33.1 Å². The van der Waals surface area contributed by atoms with Crippen LogP contribution in [0.3, 0.4) is 0 Å². The molecule has 3 unspecified atom stereocenters. The molecule has 0 spiro atoms. The van der Waals surface area contributed by atoms with Crippen LogP contribution < -0.4 is 5.32 Å². The minimum Gasteiger partial charge on any atom is -0.304 e. The van der Waals surface area contributed by atoms with Crippen LogP contribution in [0, 0.1) is 11.8 Å². The van der Waals surface area contributed by atoms with E-state index in [1.54, 1.807) is 0 Å². The Kier molecular flexibility index (Phi) is 2.66. The summed E-state index contributed by atoms with van der Waals surface area (Å²) in [5.74, 6) is 3.09. The molecule has 2 aliphatic rings. The smallest absolute Gasteiger partial charge is 0.0423 e. The van der Waals surface area contributed by atoms with Crippen LogP contribution in [0.15, 0.2) is 0 Å². The van der Waals surface area contributed by atoms with Gasteiger partial charge in [0.1, 0.15) is 0 Å². The molecule has 1 heterocycles. The van der Waals surface area contributed by atoms with Crippen LogP contribution in [-0.4, -0.2) is 17.2 Å². The van der Waals surface area contributed by atoms with E-state index in [9.17, 15) is 0 Å². The lowest BCUT2D eigenvalue weighted by atomic mass is 9.79. The van der Waals surface area contributed by atoms with Crippen molar-refractivity contribution in [3.63, 3.8) is 0 Å². The molecule has 0 aromatic carbocycles. The molecule has 1 saturated heterocycles. The largest absolute Gasteiger partial charge is 0.304 e. The fourth-order valence-corrected chi connectivity index (χ4v) is 3.82. The molecule has 0 bridgehead atoms. The molecule has 0 amide bonds. The van der Waals surface area contributed by atoms with E-state index in [-0.39, 0.29) is 0 Å². The lowest BCUT2D eigenvalue weighted by Gasteiger charge is -2.33. The molecule has 3 atom stereocenters. The van der Waals surface area contributed by atoms with Gasteiger partial charge >= 0.3 is 0 Å². The first-order chi connectivity index (χ1) is 5.77. The van der Waals surface area contributed by atoms with Crippen molar-refractivity contribution in [2.75, 3.05) is 5.88 Å². The Labute approximate surface area is 79.7 Å². The van der Waals surface area contributed by atoms with Gasteiger partial charge in [0.25, 0.3) is 0 Å². The summed E-state index contributed by atoms with van der Waals surface area (Å²) in [7, 11) is 0. The molecule has 0 radical (unpaired) electrons. The summed E-state index contributed by atoms with van der Waals surface area (Å²) < 4.78 is 0. The summed E-state index contributed by atoms with van der Waals surface area (Å²) >= 11 is 2.14. The summed E-state index contributed by atoms with van der Waals surface area (Å²) in [6.07, 6.45) is 4.33. The van der Waals surface area contributed by atoms with E-state index >= 15 is 0 Å². The maximum Gasteiger partial charge on any atom is 0.0423 e. The second-order valence-corrected chi connectivity index (χ2v) is 5.70. The summed E-state index contributed by atoms with van der Waals surface area (Å²) in [5.41, 5.74) is 0. The van der Waals surface area contributed by atoms with Gasteiger partial charge in [-0.3, -0.25) is 0 Å². The topological polar surface area (TPSA) is 12.0 Å². The van der Waals surface area contributed by atoms with Crippen molar-refractivity contribution in [2.45, 2.75) is 44.4 Å². The van der Waals surface area contributed by atoms with E-state index in [0.717, 1.165) is 23.1 Å². The van der Waals surface area contributed by atoms with E-state index in [0.29, 0.717) is 0 Å². The van der Waals surface area contributed by atoms with Crippen molar-refractivity contribution in [1.82, 2.24) is 5.32 Å². The van der Waals surface area contributed by atoms with Crippen LogP contribution in [0.2, 0.25) is 0 Å². The molecule has 1 aliphatic carbocycles. The Balaban J connectivity index is 1.92. The van der Waals surface area contributed by atoms with Gasteiger partial charge in [-0.05, 0) is 31.1 Å². The van der Waals surface area contributed by atoms with Crippen LogP contribution in [-0.2, 0) is 0 Å². The third-order valence-electron chi connectivity index (χ3n) is 3.42. The number of hydrogen-bond acceptors (Lipinski definition) is 2. The third kappa shape index (κ3) is 1.64. The Hall–Kier alpha value is 0.310. The number of fused-ring (bicyclic) bond motifs is 1. The zero-order valence-electron chi connectivity index (χ0n) is 8.05. The van der Waals surface area contributed by atoms with Crippen molar-refractivity contribution < 1.29 is 0 Å². The van der Waals surface area contributed by atoms with Crippen LogP contribution in [0.25, 0.3) is 0 Å². The number of hydrogen-bond donors (Lipinski definition) is 1. The zero-order valence-corrected chi connectivity index (χ0v) is 8.86. The molecule has 12 heavy (non-hydrogen) atoms. The van der Waals surface area contributed by atoms with Crippen molar-refractivity contribution >= 4 is 11.8 Å². The van der Waals surface area contributed by atoms with Crippen molar-refractivity contribution in [3.05, 3.63) is 0 Å². The Morgan fingerprint density at radius 2 is 2.17 bits per heavy atom. The highest BCUT2D eigenvalue weighted by Gasteiger charge is 2.34. The zero-order chi connectivity index (χ0) is 8.55. The van der Waals surface area contributed by atoms with Gasteiger partial charge in [0.15, 0.2) is 0 Å². The lowest BCUT2D eigenvalue weighted by Crippen LogP contribution is -2.36. The van der Waals surface area contributed by atoms with Gasteiger partial charge < -0.3 is 5.32 Å². The third-order valence-corrected chi connectivity index (χ3v) is 4.70. The van der Waals surface area contributed by atoms with Gasteiger partial charge in [-0.2, -0.15) is 0 Å². The first kappa shape index (κ1) is 8.89. The minimum atomic E-state index is 0.852. The standard InChI is InChI=1S/C10H19NS/c1-7(2)8-3-4-9-10(5-8)12-6-11-9/h7-11H,3-6H2,1-2H3. The van der Waals surface area contributed by atoms with Crippen molar-refractivity contribution in [3.8, 4) is 0 Å². The summed E-state index contributed by atoms with van der Waals surface area (Å²) in [6.45, 7) is 4.75. The molecule has 1 saturated carbocycles. The van der Waals surface area contributed by atoms with E-state index in [1.165, 1.54) is 25.1 Å². The number of thioether (sulfide) groups is 1. The Morgan fingerprint density at radius 1 is 1.33 bits per heavy atom. The lowest BCUT2D eigenvalue weighted by molar-refractivity contribution is 0.257. The van der Waals surface area contributed by atoms with Gasteiger partial charge in [0, 0.05) is 17.2 Å². The first-order valence-corrected chi connectivity index (χ1v) is 6.17. The Bertz CT molecular complexity index is 158. The molecule has 1 nitrogen and oxygen atoms in total. The first-order valence-electron chi connectivity index (χ1n) is 5.12. The van der Waals surface area contributed by atoms with E-state index in [1.807, 2.05) is 0 Å². The molecule has 1 aliphatic heterocycles.